The van der Waals surface area contributed by atoms with Crippen LogP contribution in [0.2, 0.25) is 0 Å². The predicted molar refractivity (Wildman–Crippen MR) is 86.0 cm³/mol. The van der Waals surface area contributed by atoms with Crippen LogP contribution in [0.15, 0.2) is 42.6 Å². The Morgan fingerprint density at radius 1 is 1.13 bits per heavy atom. The summed E-state index contributed by atoms with van der Waals surface area (Å²) in [6.45, 7) is 6.07. The molecule has 1 aromatic heterocycles. The van der Waals surface area contributed by atoms with Gasteiger partial charge in [-0.15, -0.1) is 0 Å². The summed E-state index contributed by atoms with van der Waals surface area (Å²) in [4.78, 5) is 12.7. The third kappa shape index (κ3) is 3.86. The molecule has 0 fully saturated rings. The first-order chi connectivity index (χ1) is 11.1. The van der Waals surface area contributed by atoms with Crippen molar-refractivity contribution in [1.82, 2.24) is 4.57 Å². The third-order valence-electron chi connectivity index (χ3n) is 3.65. The van der Waals surface area contributed by atoms with Crippen LogP contribution in [0.3, 0.4) is 0 Å². The van der Waals surface area contributed by atoms with Crippen molar-refractivity contribution in [2.75, 3.05) is 13.2 Å². The van der Waals surface area contributed by atoms with E-state index in [4.69, 9.17) is 9.47 Å². The molecule has 0 radical (unpaired) electrons. The predicted octanol–water partition coefficient (Wildman–Crippen LogP) is 3.82. The van der Waals surface area contributed by atoms with Crippen LogP contribution in [0.1, 0.15) is 42.9 Å². The summed E-state index contributed by atoms with van der Waals surface area (Å²) in [6.07, 6.45) is 0.492. The van der Waals surface area contributed by atoms with Crippen molar-refractivity contribution in [1.29, 1.82) is 0 Å². The lowest BCUT2D eigenvalue weighted by Gasteiger charge is -2.20. The van der Waals surface area contributed by atoms with Gasteiger partial charge in [-0.05, 0) is 32.4 Å². The summed E-state index contributed by atoms with van der Waals surface area (Å²) < 4.78 is 26.5. The minimum absolute atomic E-state index is 0.0201. The van der Waals surface area contributed by atoms with Crippen LogP contribution in [0.25, 0.3) is 0 Å². The lowest BCUT2D eigenvalue weighted by Crippen LogP contribution is -2.30. The molecule has 0 aliphatic heterocycles. The lowest BCUT2D eigenvalue weighted by atomic mass is 10.1. The number of ketones is 1. The highest BCUT2D eigenvalue weighted by Crippen LogP contribution is 2.24. The molecule has 0 spiro atoms. The number of benzene rings is 1. The molecule has 0 amide bonds. The number of nitrogens with zero attached hydrogens (tertiary/aromatic N) is 1. The van der Waals surface area contributed by atoms with Crippen LogP contribution in [0, 0.1) is 5.82 Å². The van der Waals surface area contributed by atoms with Crippen molar-refractivity contribution < 1.29 is 18.7 Å². The normalized spacial score (nSPS) is 12.6. The van der Waals surface area contributed by atoms with Gasteiger partial charge < -0.3 is 14.0 Å². The molecule has 1 aromatic carbocycles. The lowest BCUT2D eigenvalue weighted by molar-refractivity contribution is -0.108. The largest absolute Gasteiger partial charge is 0.346 e. The van der Waals surface area contributed by atoms with Gasteiger partial charge in [0.25, 0.3) is 0 Å². The second kappa shape index (κ2) is 8.04. The standard InChI is InChI=1S/C18H22FNO3/c1-4-22-18(23-5-2)17(21)16-15(19)11-12-20(16)13(3)14-9-7-6-8-10-14/h6-13,18H,4-5H2,1-3H3/t13-/m1/s1. The van der Waals surface area contributed by atoms with Crippen LogP contribution in [-0.2, 0) is 9.47 Å². The highest BCUT2D eigenvalue weighted by molar-refractivity contribution is 5.97. The highest BCUT2D eigenvalue weighted by Gasteiger charge is 2.28. The SMILES string of the molecule is CCOC(OCC)C(=O)c1c(F)ccn1[C@H](C)c1ccccc1. The maximum atomic E-state index is 14.2. The number of Topliss-reactive ketones (excluding diaryl/α,β-unsaturated/α-hetero) is 1. The molecule has 0 saturated heterocycles. The van der Waals surface area contributed by atoms with E-state index in [0.717, 1.165) is 5.56 Å². The minimum atomic E-state index is -1.09. The van der Waals surface area contributed by atoms with E-state index >= 15 is 0 Å². The number of hydrogen-bond acceptors (Lipinski definition) is 3. The molecule has 0 saturated carbocycles. The molecule has 1 heterocycles. The Hall–Kier alpha value is -1.98. The van der Waals surface area contributed by atoms with E-state index < -0.39 is 17.9 Å². The molecule has 1 atom stereocenters. The quantitative estimate of drug-likeness (QED) is 0.548. The molecular weight excluding hydrogens is 297 g/mol. The molecular formula is C18H22FNO3. The van der Waals surface area contributed by atoms with Crippen molar-refractivity contribution in [2.45, 2.75) is 33.1 Å². The molecule has 5 heteroatoms. The third-order valence-corrected chi connectivity index (χ3v) is 3.65. The fourth-order valence-corrected chi connectivity index (χ4v) is 2.50. The maximum Gasteiger partial charge on any atom is 0.238 e. The average Bonchev–Trinajstić information content (AvgIpc) is 2.95. The van der Waals surface area contributed by atoms with Crippen molar-refractivity contribution >= 4 is 5.78 Å². The topological polar surface area (TPSA) is 40.5 Å². The summed E-state index contributed by atoms with van der Waals surface area (Å²) >= 11 is 0. The highest BCUT2D eigenvalue weighted by atomic mass is 19.1. The van der Waals surface area contributed by atoms with Crippen molar-refractivity contribution in [3.05, 3.63) is 59.7 Å². The Kier molecular flexibility index (Phi) is 6.07. The average molecular weight is 319 g/mol. The van der Waals surface area contributed by atoms with E-state index in [-0.39, 0.29) is 11.7 Å². The van der Waals surface area contributed by atoms with Gasteiger partial charge >= 0.3 is 0 Å². The van der Waals surface area contributed by atoms with E-state index in [9.17, 15) is 9.18 Å². The number of rotatable bonds is 8. The number of carbonyl (C=O) groups is 1. The van der Waals surface area contributed by atoms with Crippen LogP contribution in [0.5, 0.6) is 0 Å². The Labute approximate surface area is 135 Å². The smallest absolute Gasteiger partial charge is 0.238 e. The number of aromatic nitrogens is 1. The zero-order chi connectivity index (χ0) is 16.8. The zero-order valence-electron chi connectivity index (χ0n) is 13.7. The van der Waals surface area contributed by atoms with E-state index in [1.54, 1.807) is 24.6 Å². The summed E-state index contributed by atoms with van der Waals surface area (Å²) in [5.41, 5.74) is 0.967. The Morgan fingerprint density at radius 3 is 2.30 bits per heavy atom. The van der Waals surface area contributed by atoms with E-state index in [1.807, 2.05) is 37.3 Å². The molecule has 0 unspecified atom stereocenters. The fraction of sp³-hybridized carbons (Fsp3) is 0.389. The summed E-state index contributed by atoms with van der Waals surface area (Å²) in [5.74, 6) is -1.07. The summed E-state index contributed by atoms with van der Waals surface area (Å²) in [7, 11) is 0. The van der Waals surface area contributed by atoms with Gasteiger partial charge in [-0.3, -0.25) is 4.79 Å². The Morgan fingerprint density at radius 2 is 1.74 bits per heavy atom. The van der Waals surface area contributed by atoms with Gasteiger partial charge in [0.1, 0.15) is 5.69 Å². The molecule has 4 nitrogen and oxygen atoms in total. The number of ether oxygens (including phenoxy) is 2. The first-order valence-electron chi connectivity index (χ1n) is 7.78. The van der Waals surface area contributed by atoms with Crippen molar-refractivity contribution in [2.24, 2.45) is 0 Å². The molecule has 2 rings (SSSR count). The van der Waals surface area contributed by atoms with Gasteiger partial charge in [0.05, 0.1) is 6.04 Å². The van der Waals surface area contributed by atoms with Gasteiger partial charge in [-0.25, -0.2) is 4.39 Å². The second-order valence-electron chi connectivity index (χ2n) is 5.11. The number of carbonyl (C=O) groups excluding carboxylic acids is 1. The molecule has 0 bridgehead atoms. The fourth-order valence-electron chi connectivity index (χ4n) is 2.50. The van der Waals surface area contributed by atoms with Gasteiger partial charge in [0, 0.05) is 19.4 Å². The van der Waals surface area contributed by atoms with Crippen LogP contribution in [0.4, 0.5) is 4.39 Å². The summed E-state index contributed by atoms with van der Waals surface area (Å²) in [5, 5.41) is 0. The second-order valence-corrected chi connectivity index (χ2v) is 5.11. The number of hydrogen-bond donors (Lipinski definition) is 0. The number of halogens is 1. The first-order valence-corrected chi connectivity index (χ1v) is 7.78. The maximum absolute atomic E-state index is 14.2. The van der Waals surface area contributed by atoms with Crippen LogP contribution < -0.4 is 0 Å². The van der Waals surface area contributed by atoms with E-state index in [1.165, 1.54) is 6.07 Å². The van der Waals surface area contributed by atoms with Gasteiger partial charge in [0.2, 0.25) is 12.1 Å². The molecule has 0 aliphatic carbocycles. The molecule has 0 aliphatic rings. The van der Waals surface area contributed by atoms with E-state index in [2.05, 4.69) is 0 Å². The van der Waals surface area contributed by atoms with Crippen LogP contribution in [-0.4, -0.2) is 29.9 Å². The summed E-state index contributed by atoms with van der Waals surface area (Å²) in [6, 6.07) is 10.7. The monoisotopic (exact) mass is 319 g/mol. The molecule has 23 heavy (non-hydrogen) atoms. The van der Waals surface area contributed by atoms with Gasteiger partial charge in [0.15, 0.2) is 5.82 Å². The molecule has 0 N–H and O–H groups in total. The minimum Gasteiger partial charge on any atom is -0.346 e. The van der Waals surface area contributed by atoms with Crippen molar-refractivity contribution in [3.8, 4) is 0 Å². The molecule has 2 aromatic rings. The first kappa shape index (κ1) is 17.4. The molecule has 124 valence electrons. The Bertz CT molecular complexity index is 633. The van der Waals surface area contributed by atoms with Gasteiger partial charge in [-0.2, -0.15) is 0 Å². The van der Waals surface area contributed by atoms with Crippen molar-refractivity contribution in [3.63, 3.8) is 0 Å². The van der Waals surface area contributed by atoms with E-state index in [0.29, 0.717) is 13.2 Å². The zero-order valence-corrected chi connectivity index (χ0v) is 13.7. The van der Waals surface area contributed by atoms with Crippen LogP contribution >= 0.6 is 0 Å². The Balaban J connectivity index is 2.36. The van der Waals surface area contributed by atoms with Gasteiger partial charge in [-0.1, -0.05) is 30.3 Å².